The topological polar surface area (TPSA) is 47.4 Å². The number of rotatable bonds is 6. The summed E-state index contributed by atoms with van der Waals surface area (Å²) in [7, 11) is 1.88. The van der Waals surface area contributed by atoms with Crippen molar-refractivity contribution >= 4 is 5.91 Å². The summed E-state index contributed by atoms with van der Waals surface area (Å²) < 4.78 is 20.4. The summed E-state index contributed by atoms with van der Waals surface area (Å²) in [5, 5.41) is 4.13. The van der Waals surface area contributed by atoms with E-state index in [-0.39, 0.29) is 11.7 Å². The van der Waals surface area contributed by atoms with Crippen LogP contribution in [0, 0.1) is 11.7 Å². The van der Waals surface area contributed by atoms with Crippen LogP contribution in [0.15, 0.2) is 36.7 Å². The van der Waals surface area contributed by atoms with Crippen LogP contribution in [0.5, 0.6) is 5.75 Å². The molecule has 0 aliphatic carbocycles. The number of aryl methyl sites for hydroxylation is 2. The maximum atomic E-state index is 12.9. The molecule has 2 aromatic rings. The van der Waals surface area contributed by atoms with Gasteiger partial charge in [-0.15, -0.1) is 0 Å². The smallest absolute Gasteiger partial charge is 0.222 e. The number of amides is 1. The van der Waals surface area contributed by atoms with E-state index in [1.807, 2.05) is 24.3 Å². The SMILES string of the molecule is Cn1cc(CCC(=O)N2CCCC(COc3ccc(F)cc3)C2)cn1. The van der Waals surface area contributed by atoms with Crippen LogP contribution in [0.25, 0.3) is 0 Å². The third-order valence-electron chi connectivity index (χ3n) is 4.56. The number of ether oxygens (including phenoxy) is 1. The molecule has 0 radical (unpaired) electrons. The number of nitrogens with zero attached hydrogens (tertiary/aromatic N) is 3. The molecule has 6 heteroatoms. The lowest BCUT2D eigenvalue weighted by atomic mass is 9.98. The molecule has 5 nitrogen and oxygen atoms in total. The second kappa shape index (κ2) is 8.14. The van der Waals surface area contributed by atoms with E-state index in [4.69, 9.17) is 4.74 Å². The number of carbonyl (C=O) groups excluding carboxylic acids is 1. The van der Waals surface area contributed by atoms with Crippen LogP contribution in [0.1, 0.15) is 24.8 Å². The Hall–Kier alpha value is -2.37. The number of likely N-dealkylation sites (tertiary alicyclic amines) is 1. The molecule has 134 valence electrons. The second-order valence-electron chi connectivity index (χ2n) is 6.64. The van der Waals surface area contributed by atoms with Crippen LogP contribution in [-0.2, 0) is 18.3 Å². The maximum absolute atomic E-state index is 12.9. The van der Waals surface area contributed by atoms with Gasteiger partial charge in [0, 0.05) is 38.7 Å². The summed E-state index contributed by atoms with van der Waals surface area (Å²) in [6, 6.07) is 6.05. The van der Waals surface area contributed by atoms with E-state index in [1.165, 1.54) is 12.1 Å². The molecule has 25 heavy (non-hydrogen) atoms. The average Bonchev–Trinajstić information content (AvgIpc) is 3.05. The van der Waals surface area contributed by atoms with Crippen molar-refractivity contribution < 1.29 is 13.9 Å². The number of hydrogen-bond acceptors (Lipinski definition) is 3. The first-order valence-electron chi connectivity index (χ1n) is 8.74. The first-order valence-corrected chi connectivity index (χ1v) is 8.74. The predicted octanol–water partition coefficient (Wildman–Crippen LogP) is 2.81. The van der Waals surface area contributed by atoms with Gasteiger partial charge < -0.3 is 9.64 Å². The maximum Gasteiger partial charge on any atom is 0.222 e. The summed E-state index contributed by atoms with van der Waals surface area (Å²) in [5.74, 6) is 0.910. The monoisotopic (exact) mass is 345 g/mol. The first-order chi connectivity index (χ1) is 12.1. The van der Waals surface area contributed by atoms with Gasteiger partial charge in [-0.2, -0.15) is 5.10 Å². The lowest BCUT2D eigenvalue weighted by molar-refractivity contribution is -0.133. The molecule has 1 aromatic carbocycles. The van der Waals surface area contributed by atoms with E-state index in [0.29, 0.717) is 24.7 Å². The summed E-state index contributed by atoms with van der Waals surface area (Å²) in [4.78, 5) is 14.4. The van der Waals surface area contributed by atoms with Gasteiger partial charge in [-0.05, 0) is 49.1 Å². The lowest BCUT2D eigenvalue weighted by Crippen LogP contribution is -2.41. The number of benzene rings is 1. The van der Waals surface area contributed by atoms with Crippen molar-refractivity contribution in [1.82, 2.24) is 14.7 Å². The van der Waals surface area contributed by atoms with Crippen LogP contribution < -0.4 is 4.74 Å². The Morgan fingerprint density at radius 2 is 2.16 bits per heavy atom. The lowest BCUT2D eigenvalue weighted by Gasteiger charge is -2.32. The Balaban J connectivity index is 1.45. The molecule has 0 N–H and O–H groups in total. The number of hydrogen-bond donors (Lipinski definition) is 0. The van der Waals surface area contributed by atoms with Gasteiger partial charge in [0.05, 0.1) is 12.8 Å². The van der Waals surface area contributed by atoms with Crippen LogP contribution in [-0.4, -0.2) is 40.3 Å². The Kier molecular flexibility index (Phi) is 5.68. The molecular weight excluding hydrogens is 321 g/mol. The van der Waals surface area contributed by atoms with Crippen molar-refractivity contribution in [2.24, 2.45) is 13.0 Å². The summed E-state index contributed by atoms with van der Waals surface area (Å²) in [6.45, 7) is 2.10. The molecule has 1 amide bonds. The highest BCUT2D eigenvalue weighted by Gasteiger charge is 2.24. The molecule has 1 aromatic heterocycles. The standard InChI is InChI=1S/C19H24FN3O2/c1-22-12-15(11-21-22)4-9-19(24)23-10-2-3-16(13-23)14-25-18-7-5-17(20)6-8-18/h5-8,11-12,16H,2-4,9-10,13-14H2,1H3. The molecule has 0 saturated carbocycles. The van der Waals surface area contributed by atoms with E-state index in [0.717, 1.165) is 37.9 Å². The van der Waals surface area contributed by atoms with Gasteiger partial charge in [-0.25, -0.2) is 4.39 Å². The molecule has 1 aliphatic heterocycles. The molecule has 2 heterocycles. The van der Waals surface area contributed by atoms with Crippen LogP contribution in [0.2, 0.25) is 0 Å². The summed E-state index contributed by atoms with van der Waals surface area (Å²) in [6.07, 6.45) is 7.03. The predicted molar refractivity (Wildman–Crippen MR) is 92.7 cm³/mol. The Morgan fingerprint density at radius 1 is 1.36 bits per heavy atom. The van der Waals surface area contributed by atoms with Crippen molar-refractivity contribution in [3.8, 4) is 5.75 Å². The van der Waals surface area contributed by atoms with E-state index in [9.17, 15) is 9.18 Å². The number of carbonyl (C=O) groups is 1. The van der Waals surface area contributed by atoms with Gasteiger partial charge in [-0.3, -0.25) is 9.48 Å². The summed E-state index contributed by atoms with van der Waals surface area (Å²) >= 11 is 0. The minimum absolute atomic E-state index is 0.190. The van der Waals surface area contributed by atoms with Gasteiger partial charge in [-0.1, -0.05) is 0 Å². The zero-order chi connectivity index (χ0) is 17.6. The van der Waals surface area contributed by atoms with Gasteiger partial charge in [0.15, 0.2) is 0 Å². The number of aromatic nitrogens is 2. The van der Waals surface area contributed by atoms with E-state index in [1.54, 1.807) is 16.8 Å². The van der Waals surface area contributed by atoms with Crippen LogP contribution >= 0.6 is 0 Å². The van der Waals surface area contributed by atoms with Crippen molar-refractivity contribution in [3.05, 3.63) is 48.0 Å². The molecule has 3 rings (SSSR count). The number of piperidine rings is 1. The highest BCUT2D eigenvalue weighted by molar-refractivity contribution is 5.76. The quantitative estimate of drug-likeness (QED) is 0.809. The van der Waals surface area contributed by atoms with Crippen molar-refractivity contribution in [1.29, 1.82) is 0 Å². The first kappa shape index (κ1) is 17.5. The molecular formula is C19H24FN3O2. The minimum atomic E-state index is -0.268. The molecule has 1 aliphatic rings. The summed E-state index contributed by atoms with van der Waals surface area (Å²) in [5.41, 5.74) is 1.09. The Labute approximate surface area is 147 Å². The fraction of sp³-hybridized carbons (Fsp3) is 0.474. The van der Waals surface area contributed by atoms with Crippen LogP contribution in [0.3, 0.4) is 0 Å². The van der Waals surface area contributed by atoms with Gasteiger partial charge in [0.1, 0.15) is 11.6 Å². The second-order valence-corrected chi connectivity index (χ2v) is 6.64. The fourth-order valence-corrected chi connectivity index (χ4v) is 3.18. The molecule has 1 atom stereocenters. The zero-order valence-corrected chi connectivity index (χ0v) is 14.5. The molecule has 0 bridgehead atoms. The van der Waals surface area contributed by atoms with Gasteiger partial charge in [0.2, 0.25) is 5.91 Å². The minimum Gasteiger partial charge on any atom is -0.493 e. The highest BCUT2D eigenvalue weighted by atomic mass is 19.1. The molecule has 1 fully saturated rings. The Bertz CT molecular complexity index is 699. The van der Waals surface area contributed by atoms with E-state index < -0.39 is 0 Å². The fourth-order valence-electron chi connectivity index (χ4n) is 3.18. The van der Waals surface area contributed by atoms with Crippen LogP contribution in [0.4, 0.5) is 4.39 Å². The van der Waals surface area contributed by atoms with Gasteiger partial charge in [0.25, 0.3) is 0 Å². The number of halogens is 1. The normalized spacial score (nSPS) is 17.5. The zero-order valence-electron chi connectivity index (χ0n) is 14.5. The average molecular weight is 345 g/mol. The van der Waals surface area contributed by atoms with Crippen molar-refractivity contribution in [3.63, 3.8) is 0 Å². The highest BCUT2D eigenvalue weighted by Crippen LogP contribution is 2.20. The Morgan fingerprint density at radius 3 is 2.88 bits per heavy atom. The van der Waals surface area contributed by atoms with Crippen molar-refractivity contribution in [2.45, 2.75) is 25.7 Å². The third kappa shape index (κ3) is 5.05. The third-order valence-corrected chi connectivity index (χ3v) is 4.56. The van der Waals surface area contributed by atoms with E-state index in [2.05, 4.69) is 5.10 Å². The van der Waals surface area contributed by atoms with Crippen molar-refractivity contribution in [2.75, 3.05) is 19.7 Å². The largest absolute Gasteiger partial charge is 0.493 e. The van der Waals surface area contributed by atoms with E-state index >= 15 is 0 Å². The molecule has 0 spiro atoms. The molecule has 1 unspecified atom stereocenters. The molecule has 1 saturated heterocycles. The van der Waals surface area contributed by atoms with Gasteiger partial charge >= 0.3 is 0 Å².